The van der Waals surface area contributed by atoms with Gasteiger partial charge in [-0.1, -0.05) is 86.9 Å². The van der Waals surface area contributed by atoms with Gasteiger partial charge in [-0.2, -0.15) is 0 Å². The van der Waals surface area contributed by atoms with Crippen LogP contribution in [0.5, 0.6) is 11.5 Å². The van der Waals surface area contributed by atoms with Gasteiger partial charge in [0.05, 0.1) is 18.7 Å². The zero-order valence-electron chi connectivity index (χ0n) is 23.6. The van der Waals surface area contributed by atoms with E-state index in [0.29, 0.717) is 31.2 Å². The van der Waals surface area contributed by atoms with E-state index in [-0.39, 0.29) is 11.2 Å². The summed E-state index contributed by atoms with van der Waals surface area (Å²) in [7, 11) is 0. The van der Waals surface area contributed by atoms with Crippen LogP contribution in [-0.4, -0.2) is 19.8 Å². The summed E-state index contributed by atoms with van der Waals surface area (Å²) in [5, 5.41) is 0. The predicted molar refractivity (Wildman–Crippen MR) is 163 cm³/mol. The molecule has 0 saturated carbocycles. The first kappa shape index (κ1) is 27.7. The molecular formula is C35H39NO4. The Balaban J connectivity index is 1.45. The summed E-state index contributed by atoms with van der Waals surface area (Å²) in [5.74, 6) is 1.56. The molecule has 0 N–H and O–H groups in total. The Kier molecular flexibility index (Phi) is 8.69. The highest BCUT2D eigenvalue weighted by molar-refractivity contribution is 5.78. The lowest BCUT2D eigenvalue weighted by molar-refractivity contribution is 0.302. The topological polar surface area (TPSA) is 55.8 Å². The van der Waals surface area contributed by atoms with E-state index < -0.39 is 10.9 Å². The number of anilines is 1. The maximum absolute atomic E-state index is 12.8. The zero-order valence-corrected chi connectivity index (χ0v) is 23.6. The Morgan fingerprint density at radius 3 is 2.40 bits per heavy atom. The Hall–Kier alpha value is -3.86. The molecule has 1 unspecified atom stereocenters. The van der Waals surface area contributed by atoms with Crippen LogP contribution in [0.3, 0.4) is 0 Å². The minimum absolute atomic E-state index is 0.213. The number of para-hydroxylation sites is 2. The first-order chi connectivity index (χ1) is 19.5. The molecule has 5 nitrogen and oxygen atoms in total. The minimum Gasteiger partial charge on any atom is -0.492 e. The third-order valence-corrected chi connectivity index (χ3v) is 8.19. The SMILES string of the molecule is CCCCOc1c(/C=C2/N(CCOc3ccccc3)c3ccccc3C2(C)CCCCC2C=CC=C2)c(=O)c1=O. The van der Waals surface area contributed by atoms with Crippen LogP contribution in [0, 0.1) is 5.92 Å². The van der Waals surface area contributed by atoms with E-state index in [2.05, 4.69) is 67.3 Å². The molecule has 0 spiro atoms. The third-order valence-electron chi connectivity index (χ3n) is 8.19. The fourth-order valence-corrected chi connectivity index (χ4v) is 5.90. The summed E-state index contributed by atoms with van der Waals surface area (Å²) < 4.78 is 11.9. The molecule has 3 aromatic carbocycles. The van der Waals surface area contributed by atoms with Gasteiger partial charge in [0.15, 0.2) is 5.75 Å². The second-order valence-electron chi connectivity index (χ2n) is 11.0. The molecular weight excluding hydrogens is 498 g/mol. The summed E-state index contributed by atoms with van der Waals surface area (Å²) in [4.78, 5) is 27.5. The molecule has 2 aliphatic rings. The van der Waals surface area contributed by atoms with E-state index in [1.807, 2.05) is 36.4 Å². The molecule has 1 heterocycles. The minimum atomic E-state index is -0.517. The van der Waals surface area contributed by atoms with Crippen molar-refractivity contribution in [2.24, 2.45) is 5.92 Å². The molecule has 0 amide bonds. The normalized spacial score (nSPS) is 19.1. The molecule has 0 saturated heterocycles. The quantitative estimate of drug-likeness (QED) is 0.164. The van der Waals surface area contributed by atoms with Gasteiger partial charge >= 0.3 is 0 Å². The summed E-state index contributed by atoms with van der Waals surface area (Å²) in [5.41, 5.74) is 2.50. The number of unbranched alkanes of at least 4 members (excludes halogenated alkanes) is 2. The average molecular weight is 538 g/mol. The van der Waals surface area contributed by atoms with E-state index >= 15 is 0 Å². The summed E-state index contributed by atoms with van der Waals surface area (Å²) in [6.45, 7) is 5.89. The number of fused-ring (bicyclic) bond motifs is 1. The van der Waals surface area contributed by atoms with Crippen LogP contribution in [0.15, 0.2) is 94.2 Å². The number of allylic oxidation sites excluding steroid dienone is 5. The van der Waals surface area contributed by atoms with Crippen molar-refractivity contribution in [3.05, 3.63) is 116 Å². The molecule has 1 atom stereocenters. The van der Waals surface area contributed by atoms with E-state index in [0.717, 1.165) is 55.7 Å². The van der Waals surface area contributed by atoms with Crippen LogP contribution in [0.1, 0.15) is 63.5 Å². The Morgan fingerprint density at radius 2 is 1.62 bits per heavy atom. The number of rotatable bonds is 14. The predicted octanol–water partition coefficient (Wildman–Crippen LogP) is 6.96. The second-order valence-corrected chi connectivity index (χ2v) is 11.0. The number of nitrogens with zero attached hydrogens (tertiary/aromatic N) is 1. The highest BCUT2D eigenvalue weighted by Crippen LogP contribution is 2.51. The molecule has 3 aromatic rings. The molecule has 5 heteroatoms. The van der Waals surface area contributed by atoms with Crippen LogP contribution in [-0.2, 0) is 5.41 Å². The number of ether oxygens (including phenoxy) is 2. The van der Waals surface area contributed by atoms with Crippen molar-refractivity contribution < 1.29 is 9.47 Å². The van der Waals surface area contributed by atoms with Gasteiger partial charge in [0.2, 0.25) is 5.43 Å². The number of hydrogen-bond acceptors (Lipinski definition) is 5. The van der Waals surface area contributed by atoms with Crippen LogP contribution in [0.4, 0.5) is 5.69 Å². The van der Waals surface area contributed by atoms with Gasteiger partial charge in [0.1, 0.15) is 12.4 Å². The maximum Gasteiger partial charge on any atom is 0.268 e. The van der Waals surface area contributed by atoms with Crippen LogP contribution in [0.25, 0.3) is 6.08 Å². The molecule has 0 aromatic heterocycles. The van der Waals surface area contributed by atoms with Crippen molar-refractivity contribution in [1.29, 1.82) is 0 Å². The molecule has 0 fully saturated rings. The van der Waals surface area contributed by atoms with Crippen molar-refractivity contribution in [2.45, 2.75) is 57.8 Å². The zero-order chi connectivity index (χ0) is 28.0. The molecule has 40 heavy (non-hydrogen) atoms. The first-order valence-electron chi connectivity index (χ1n) is 14.6. The van der Waals surface area contributed by atoms with Crippen molar-refractivity contribution in [2.75, 3.05) is 24.7 Å². The lowest BCUT2D eigenvalue weighted by Gasteiger charge is -2.31. The molecule has 5 rings (SSSR count). The largest absolute Gasteiger partial charge is 0.492 e. The van der Waals surface area contributed by atoms with Gasteiger partial charge in [0.25, 0.3) is 5.43 Å². The van der Waals surface area contributed by atoms with E-state index in [9.17, 15) is 9.59 Å². The average Bonchev–Trinajstić information content (AvgIpc) is 3.58. The lowest BCUT2D eigenvalue weighted by Crippen LogP contribution is -2.37. The smallest absolute Gasteiger partial charge is 0.268 e. The first-order valence-corrected chi connectivity index (χ1v) is 14.6. The van der Waals surface area contributed by atoms with Gasteiger partial charge in [-0.25, -0.2) is 0 Å². The van der Waals surface area contributed by atoms with E-state index in [1.165, 1.54) is 5.56 Å². The summed E-state index contributed by atoms with van der Waals surface area (Å²) >= 11 is 0. The fourth-order valence-electron chi connectivity index (χ4n) is 5.90. The van der Waals surface area contributed by atoms with Crippen LogP contribution in [0.2, 0.25) is 0 Å². The monoisotopic (exact) mass is 537 g/mol. The highest BCUT2D eigenvalue weighted by atomic mass is 16.5. The van der Waals surface area contributed by atoms with Crippen molar-refractivity contribution in [3.63, 3.8) is 0 Å². The van der Waals surface area contributed by atoms with Crippen molar-refractivity contribution >= 4 is 11.8 Å². The van der Waals surface area contributed by atoms with Gasteiger partial charge in [-0.15, -0.1) is 0 Å². The molecule has 1 aliphatic carbocycles. The number of benzene rings is 2. The molecule has 208 valence electrons. The van der Waals surface area contributed by atoms with Gasteiger partial charge in [-0.3, -0.25) is 9.59 Å². The van der Waals surface area contributed by atoms with E-state index in [1.54, 1.807) is 0 Å². The van der Waals surface area contributed by atoms with Gasteiger partial charge < -0.3 is 14.4 Å². The maximum atomic E-state index is 12.8. The van der Waals surface area contributed by atoms with Gasteiger partial charge in [-0.05, 0) is 61.9 Å². The molecule has 0 radical (unpaired) electrons. The Labute approximate surface area is 237 Å². The fraction of sp³-hybridized carbons (Fsp3) is 0.371. The summed E-state index contributed by atoms with van der Waals surface area (Å²) in [6, 6.07) is 18.3. The molecule has 1 aliphatic heterocycles. The highest BCUT2D eigenvalue weighted by Gasteiger charge is 2.43. The van der Waals surface area contributed by atoms with E-state index in [4.69, 9.17) is 9.47 Å². The second kappa shape index (κ2) is 12.5. The van der Waals surface area contributed by atoms with Crippen LogP contribution >= 0.6 is 0 Å². The van der Waals surface area contributed by atoms with Gasteiger partial charge in [0, 0.05) is 16.8 Å². The Morgan fingerprint density at radius 1 is 0.875 bits per heavy atom. The number of hydrogen-bond donors (Lipinski definition) is 0. The van der Waals surface area contributed by atoms with Crippen molar-refractivity contribution in [1.82, 2.24) is 0 Å². The lowest BCUT2D eigenvalue weighted by atomic mass is 9.76. The van der Waals surface area contributed by atoms with Crippen molar-refractivity contribution in [3.8, 4) is 11.5 Å². The standard InChI is InChI=1S/C35H39NO4/c1-3-4-23-40-34-28(32(37)33(34)38)25-31-35(2,21-13-12-16-26-14-8-9-15-26)29-19-10-11-20-30(29)36(31)22-24-39-27-17-6-5-7-18-27/h5-11,14-15,17-20,25-26H,3-4,12-13,16,21-24H2,1-2H3/b31-25+. The summed E-state index contributed by atoms with van der Waals surface area (Å²) in [6.07, 6.45) is 16.7. The van der Waals surface area contributed by atoms with Crippen LogP contribution < -0.4 is 25.2 Å². The Bertz CT molecular complexity index is 1450. The molecule has 0 bridgehead atoms. The third kappa shape index (κ3) is 5.70.